The van der Waals surface area contributed by atoms with E-state index < -0.39 is 29.6 Å². The predicted octanol–water partition coefficient (Wildman–Crippen LogP) is 2.20. The SMILES string of the molecule is O=C1NC[C@@H](c2cc(F)cc(C(F)(F)F)c2)N1. The normalized spacial score (nSPS) is 20.0. The summed E-state index contributed by atoms with van der Waals surface area (Å²) in [5, 5.41) is 4.78. The molecule has 0 radical (unpaired) electrons. The first kappa shape index (κ1) is 11.7. The quantitative estimate of drug-likeness (QED) is 0.735. The molecule has 0 bridgehead atoms. The first-order valence-electron chi connectivity index (χ1n) is 4.78. The maximum absolute atomic E-state index is 13.1. The fourth-order valence-corrected chi connectivity index (χ4v) is 1.63. The average Bonchev–Trinajstić information content (AvgIpc) is 2.62. The van der Waals surface area contributed by atoms with E-state index in [1.54, 1.807) is 0 Å². The standard InChI is InChI=1S/C10H8F4N2O/c11-7-2-5(8-4-15-9(17)16-8)1-6(3-7)10(12,13)14/h1-3,8H,4H2,(H2,15,16,17)/t8-/m0/s1. The number of hydrogen-bond donors (Lipinski definition) is 2. The lowest BCUT2D eigenvalue weighted by molar-refractivity contribution is -0.137. The molecule has 0 aromatic heterocycles. The third-order valence-electron chi connectivity index (χ3n) is 2.42. The minimum Gasteiger partial charge on any atom is -0.336 e. The second kappa shape index (κ2) is 3.90. The summed E-state index contributed by atoms with van der Waals surface area (Å²) in [6.45, 7) is 0.138. The highest BCUT2D eigenvalue weighted by Gasteiger charge is 2.32. The van der Waals surface area contributed by atoms with Crippen LogP contribution in [0.4, 0.5) is 22.4 Å². The van der Waals surface area contributed by atoms with Crippen molar-refractivity contribution in [3.05, 3.63) is 35.1 Å². The van der Waals surface area contributed by atoms with Crippen molar-refractivity contribution in [3.63, 3.8) is 0 Å². The summed E-state index contributed by atoms with van der Waals surface area (Å²) in [6, 6.07) is 1.12. The van der Waals surface area contributed by atoms with Gasteiger partial charge in [-0.2, -0.15) is 13.2 Å². The van der Waals surface area contributed by atoms with Crippen molar-refractivity contribution in [2.24, 2.45) is 0 Å². The largest absolute Gasteiger partial charge is 0.416 e. The van der Waals surface area contributed by atoms with E-state index in [1.807, 2.05) is 0 Å². The lowest BCUT2D eigenvalue weighted by Gasteiger charge is -2.13. The van der Waals surface area contributed by atoms with Gasteiger partial charge in [0.1, 0.15) is 5.82 Å². The van der Waals surface area contributed by atoms with Gasteiger partial charge in [0.15, 0.2) is 0 Å². The predicted molar refractivity (Wildman–Crippen MR) is 50.7 cm³/mol. The molecule has 2 N–H and O–H groups in total. The lowest BCUT2D eigenvalue weighted by atomic mass is 10.0. The molecular weight excluding hydrogens is 240 g/mol. The molecule has 1 aliphatic rings. The molecule has 7 heteroatoms. The molecule has 1 atom stereocenters. The first-order valence-corrected chi connectivity index (χ1v) is 4.78. The lowest BCUT2D eigenvalue weighted by Crippen LogP contribution is -2.22. The zero-order valence-electron chi connectivity index (χ0n) is 8.44. The number of carbonyl (C=O) groups excluding carboxylic acids is 1. The molecule has 2 rings (SSSR count). The van der Waals surface area contributed by atoms with Gasteiger partial charge in [-0.15, -0.1) is 0 Å². The zero-order chi connectivity index (χ0) is 12.6. The molecule has 1 aromatic rings. The van der Waals surface area contributed by atoms with Crippen molar-refractivity contribution < 1.29 is 22.4 Å². The van der Waals surface area contributed by atoms with Crippen LogP contribution in [0.15, 0.2) is 18.2 Å². The van der Waals surface area contributed by atoms with Gasteiger partial charge in [0.25, 0.3) is 0 Å². The maximum Gasteiger partial charge on any atom is 0.416 e. The Morgan fingerprint density at radius 1 is 1.24 bits per heavy atom. The van der Waals surface area contributed by atoms with Crippen molar-refractivity contribution in [1.29, 1.82) is 0 Å². The van der Waals surface area contributed by atoms with Crippen molar-refractivity contribution in [2.45, 2.75) is 12.2 Å². The van der Waals surface area contributed by atoms with Crippen LogP contribution in [0.5, 0.6) is 0 Å². The van der Waals surface area contributed by atoms with Crippen molar-refractivity contribution in [2.75, 3.05) is 6.54 Å². The minimum absolute atomic E-state index is 0.0932. The van der Waals surface area contributed by atoms with E-state index in [0.29, 0.717) is 6.07 Å². The number of halogens is 4. The van der Waals surface area contributed by atoms with Crippen molar-refractivity contribution >= 4 is 6.03 Å². The number of hydrogen-bond acceptors (Lipinski definition) is 1. The Balaban J connectivity index is 2.35. The van der Waals surface area contributed by atoms with Gasteiger partial charge in [-0.25, -0.2) is 9.18 Å². The Kier molecular flexibility index (Phi) is 2.68. The Morgan fingerprint density at radius 2 is 1.94 bits per heavy atom. The Labute approximate surface area is 93.8 Å². The molecule has 1 saturated heterocycles. The minimum atomic E-state index is -4.60. The summed E-state index contributed by atoms with van der Waals surface area (Å²) in [5.41, 5.74) is -0.968. The number of carbonyl (C=O) groups is 1. The van der Waals surface area contributed by atoms with Crippen LogP contribution in [0.1, 0.15) is 17.2 Å². The van der Waals surface area contributed by atoms with E-state index >= 15 is 0 Å². The third kappa shape index (κ3) is 2.48. The van der Waals surface area contributed by atoms with Crippen LogP contribution in [-0.4, -0.2) is 12.6 Å². The van der Waals surface area contributed by atoms with Gasteiger partial charge in [-0.05, 0) is 23.8 Å². The van der Waals surface area contributed by atoms with E-state index in [2.05, 4.69) is 10.6 Å². The molecule has 92 valence electrons. The highest BCUT2D eigenvalue weighted by molar-refractivity contribution is 5.76. The van der Waals surface area contributed by atoms with Gasteiger partial charge in [-0.3, -0.25) is 0 Å². The second-order valence-electron chi connectivity index (χ2n) is 3.68. The summed E-state index contributed by atoms with van der Waals surface area (Å²) in [6.07, 6.45) is -4.60. The Morgan fingerprint density at radius 3 is 2.47 bits per heavy atom. The monoisotopic (exact) mass is 248 g/mol. The molecule has 2 amide bonds. The van der Waals surface area contributed by atoms with Crippen LogP contribution in [0.25, 0.3) is 0 Å². The van der Waals surface area contributed by atoms with Crippen LogP contribution in [0.2, 0.25) is 0 Å². The number of rotatable bonds is 1. The molecule has 1 fully saturated rings. The summed E-state index contributed by atoms with van der Waals surface area (Å²) in [5.74, 6) is -0.976. The molecule has 0 aliphatic carbocycles. The number of amides is 2. The van der Waals surface area contributed by atoms with Crippen molar-refractivity contribution in [3.8, 4) is 0 Å². The Bertz CT molecular complexity index is 458. The third-order valence-corrected chi connectivity index (χ3v) is 2.42. The summed E-state index contributed by atoms with van der Waals surface area (Å²) < 4.78 is 50.4. The second-order valence-corrected chi connectivity index (χ2v) is 3.68. The van der Waals surface area contributed by atoms with Crippen LogP contribution < -0.4 is 10.6 Å². The van der Waals surface area contributed by atoms with Crippen LogP contribution in [0, 0.1) is 5.82 Å². The molecular formula is C10H8F4N2O. The summed E-state index contributed by atoms with van der Waals surface area (Å²) in [7, 11) is 0. The highest BCUT2D eigenvalue weighted by atomic mass is 19.4. The highest BCUT2D eigenvalue weighted by Crippen LogP contribution is 2.31. The van der Waals surface area contributed by atoms with Gasteiger partial charge in [0.2, 0.25) is 0 Å². The fourth-order valence-electron chi connectivity index (χ4n) is 1.63. The van der Waals surface area contributed by atoms with E-state index in [4.69, 9.17) is 0 Å². The van der Waals surface area contributed by atoms with Gasteiger partial charge in [0, 0.05) is 6.54 Å². The first-order chi connectivity index (χ1) is 7.86. The fraction of sp³-hybridized carbons (Fsp3) is 0.300. The molecule has 1 heterocycles. The summed E-state index contributed by atoms with van der Waals surface area (Å²) >= 11 is 0. The maximum atomic E-state index is 13.1. The van der Waals surface area contributed by atoms with Crippen LogP contribution >= 0.6 is 0 Å². The summed E-state index contributed by atoms with van der Waals surface area (Å²) in [4.78, 5) is 10.9. The molecule has 0 saturated carbocycles. The molecule has 1 aromatic carbocycles. The zero-order valence-corrected chi connectivity index (χ0v) is 8.44. The van der Waals surface area contributed by atoms with Crippen LogP contribution in [0.3, 0.4) is 0 Å². The molecule has 0 unspecified atom stereocenters. The van der Waals surface area contributed by atoms with Crippen LogP contribution in [-0.2, 0) is 6.18 Å². The van der Waals surface area contributed by atoms with Crippen molar-refractivity contribution in [1.82, 2.24) is 10.6 Å². The topological polar surface area (TPSA) is 41.1 Å². The van der Waals surface area contributed by atoms with Gasteiger partial charge < -0.3 is 10.6 Å². The van der Waals surface area contributed by atoms with E-state index in [0.717, 1.165) is 12.1 Å². The number of urea groups is 1. The number of alkyl halides is 3. The average molecular weight is 248 g/mol. The molecule has 0 spiro atoms. The number of nitrogens with one attached hydrogen (secondary N) is 2. The van der Waals surface area contributed by atoms with Gasteiger partial charge >= 0.3 is 12.2 Å². The number of benzene rings is 1. The molecule has 3 nitrogen and oxygen atoms in total. The van der Waals surface area contributed by atoms with Gasteiger partial charge in [0.05, 0.1) is 11.6 Å². The van der Waals surface area contributed by atoms with E-state index in [9.17, 15) is 22.4 Å². The molecule has 17 heavy (non-hydrogen) atoms. The van der Waals surface area contributed by atoms with E-state index in [-0.39, 0.29) is 12.1 Å². The van der Waals surface area contributed by atoms with E-state index in [1.165, 1.54) is 0 Å². The molecule has 1 aliphatic heterocycles. The Hall–Kier alpha value is -1.79. The smallest absolute Gasteiger partial charge is 0.336 e. The van der Waals surface area contributed by atoms with Gasteiger partial charge in [-0.1, -0.05) is 0 Å².